The van der Waals surface area contributed by atoms with Crippen molar-refractivity contribution in [3.63, 3.8) is 0 Å². The van der Waals surface area contributed by atoms with Crippen LogP contribution in [0, 0.1) is 11.3 Å². The molecule has 0 aromatic heterocycles. The van der Waals surface area contributed by atoms with Crippen LogP contribution in [0.25, 0.3) is 0 Å². The van der Waals surface area contributed by atoms with Crippen LogP contribution < -0.4 is 0 Å². The molecule has 0 bridgehead atoms. The summed E-state index contributed by atoms with van der Waals surface area (Å²) in [5, 5.41) is 0. The number of hydrogen-bond acceptors (Lipinski definition) is 0. The highest BCUT2D eigenvalue weighted by Crippen LogP contribution is 2.52. The van der Waals surface area contributed by atoms with Gasteiger partial charge in [-0.25, -0.2) is 0 Å². The highest BCUT2D eigenvalue weighted by atomic mass is 14.5. The summed E-state index contributed by atoms with van der Waals surface area (Å²) in [5.74, 6) is 0.771. The van der Waals surface area contributed by atoms with Crippen LogP contribution in [0.4, 0.5) is 0 Å². The molecule has 0 spiro atoms. The fourth-order valence-corrected chi connectivity index (χ4v) is 3.34. The minimum atomic E-state index is 0.452. The minimum Gasteiger partial charge on any atom is -0.103 e. The molecular weight excluding hydrogens is 156 g/mol. The monoisotopic (exact) mass is 176 g/mol. The van der Waals surface area contributed by atoms with Crippen LogP contribution in [-0.2, 0) is 0 Å². The predicted molar refractivity (Wildman–Crippen MR) is 57.6 cm³/mol. The van der Waals surface area contributed by atoms with Gasteiger partial charge in [0, 0.05) is 0 Å². The van der Waals surface area contributed by atoms with Crippen molar-refractivity contribution in [2.45, 2.75) is 44.9 Å². The molecule has 0 aromatic carbocycles. The second-order valence-corrected chi connectivity index (χ2v) is 4.75. The number of hydrogen-bond donors (Lipinski definition) is 0. The van der Waals surface area contributed by atoms with Crippen LogP contribution >= 0.6 is 0 Å². The third-order valence-electron chi connectivity index (χ3n) is 4.12. The van der Waals surface area contributed by atoms with Crippen LogP contribution in [0.1, 0.15) is 44.9 Å². The fraction of sp³-hybridized carbons (Fsp3) is 0.692. The van der Waals surface area contributed by atoms with E-state index in [2.05, 4.69) is 19.2 Å². The first-order valence-corrected chi connectivity index (χ1v) is 5.60. The second kappa shape index (κ2) is 3.32. The van der Waals surface area contributed by atoms with Crippen LogP contribution in [-0.4, -0.2) is 0 Å². The third-order valence-corrected chi connectivity index (χ3v) is 4.12. The number of fused-ring (bicyclic) bond motifs is 1. The van der Waals surface area contributed by atoms with Crippen molar-refractivity contribution in [3.8, 4) is 0 Å². The van der Waals surface area contributed by atoms with Crippen molar-refractivity contribution < 1.29 is 0 Å². The van der Waals surface area contributed by atoms with Crippen LogP contribution in [0.15, 0.2) is 24.8 Å². The summed E-state index contributed by atoms with van der Waals surface area (Å²) in [6.07, 6.45) is 11.7. The molecule has 0 heterocycles. The molecule has 0 saturated heterocycles. The van der Waals surface area contributed by atoms with Gasteiger partial charge in [-0.1, -0.05) is 31.1 Å². The van der Waals surface area contributed by atoms with E-state index in [0.717, 1.165) is 5.92 Å². The number of allylic oxidation sites excluding steroid dienone is 2. The maximum atomic E-state index is 4.24. The molecule has 2 fully saturated rings. The van der Waals surface area contributed by atoms with E-state index in [0.29, 0.717) is 5.41 Å². The molecule has 2 aliphatic carbocycles. The second-order valence-electron chi connectivity index (χ2n) is 4.75. The molecule has 2 atom stereocenters. The molecule has 0 aromatic rings. The quantitative estimate of drug-likeness (QED) is 0.528. The SMILES string of the molecule is C=C[C@@]12CCCC[C@H]1C(=C)CCC2. The van der Waals surface area contributed by atoms with Gasteiger partial charge in [-0.05, 0) is 43.4 Å². The average Bonchev–Trinajstić information content (AvgIpc) is 2.18. The van der Waals surface area contributed by atoms with Crippen LogP contribution in [0.5, 0.6) is 0 Å². The summed E-state index contributed by atoms with van der Waals surface area (Å²) in [4.78, 5) is 0. The Bertz CT molecular complexity index is 222. The molecule has 0 N–H and O–H groups in total. The lowest BCUT2D eigenvalue weighted by Gasteiger charge is -2.46. The average molecular weight is 176 g/mol. The van der Waals surface area contributed by atoms with Gasteiger partial charge in [0.2, 0.25) is 0 Å². The topological polar surface area (TPSA) is 0 Å². The summed E-state index contributed by atoms with van der Waals surface area (Å²) in [7, 11) is 0. The first-order chi connectivity index (χ1) is 6.28. The summed E-state index contributed by atoms with van der Waals surface area (Å²) in [6.45, 7) is 8.30. The smallest absolute Gasteiger partial charge is 0.00555 e. The molecule has 0 radical (unpaired) electrons. The van der Waals surface area contributed by atoms with Crippen LogP contribution in [0.3, 0.4) is 0 Å². The molecule has 13 heavy (non-hydrogen) atoms. The van der Waals surface area contributed by atoms with E-state index in [1.165, 1.54) is 50.5 Å². The van der Waals surface area contributed by atoms with E-state index in [9.17, 15) is 0 Å². The normalized spacial score (nSPS) is 39.7. The molecule has 0 aliphatic heterocycles. The summed E-state index contributed by atoms with van der Waals surface area (Å²) >= 11 is 0. The highest BCUT2D eigenvalue weighted by molar-refractivity contribution is 5.17. The zero-order chi connectivity index (χ0) is 9.31. The van der Waals surface area contributed by atoms with E-state index in [4.69, 9.17) is 0 Å². The molecule has 2 rings (SSSR count). The highest BCUT2D eigenvalue weighted by Gasteiger charge is 2.41. The first-order valence-electron chi connectivity index (χ1n) is 5.60. The standard InChI is InChI=1S/C13H20/c1-3-13-9-5-4-8-12(13)11(2)7-6-10-13/h3,12H,1-2,4-10H2/t12-,13-/m0/s1. The van der Waals surface area contributed by atoms with Gasteiger partial charge in [0.15, 0.2) is 0 Å². The molecule has 0 nitrogen and oxygen atoms in total. The molecule has 72 valence electrons. The summed E-state index contributed by atoms with van der Waals surface area (Å²) < 4.78 is 0. The molecular formula is C13H20. The fourth-order valence-electron chi connectivity index (χ4n) is 3.34. The third kappa shape index (κ3) is 1.37. The lowest BCUT2D eigenvalue weighted by Crippen LogP contribution is -2.35. The number of rotatable bonds is 1. The Labute approximate surface area is 81.7 Å². The van der Waals surface area contributed by atoms with Gasteiger partial charge in [0.05, 0.1) is 0 Å². The van der Waals surface area contributed by atoms with E-state index >= 15 is 0 Å². The van der Waals surface area contributed by atoms with E-state index in [-0.39, 0.29) is 0 Å². The van der Waals surface area contributed by atoms with E-state index in [1.807, 2.05) is 0 Å². The molecule has 2 saturated carbocycles. The van der Waals surface area contributed by atoms with Gasteiger partial charge in [-0.2, -0.15) is 0 Å². The zero-order valence-electron chi connectivity index (χ0n) is 8.52. The molecule has 0 unspecified atom stereocenters. The van der Waals surface area contributed by atoms with Gasteiger partial charge in [-0.15, -0.1) is 6.58 Å². The van der Waals surface area contributed by atoms with Gasteiger partial charge in [0.25, 0.3) is 0 Å². The lowest BCUT2D eigenvalue weighted by molar-refractivity contribution is 0.139. The van der Waals surface area contributed by atoms with Crippen molar-refractivity contribution in [2.24, 2.45) is 11.3 Å². The summed E-state index contributed by atoms with van der Waals surface area (Å²) in [5.41, 5.74) is 1.96. The Morgan fingerprint density at radius 2 is 2.00 bits per heavy atom. The molecule has 0 heteroatoms. The Kier molecular flexibility index (Phi) is 2.31. The Morgan fingerprint density at radius 3 is 2.69 bits per heavy atom. The Hall–Kier alpha value is -0.520. The van der Waals surface area contributed by atoms with Crippen LogP contribution in [0.2, 0.25) is 0 Å². The van der Waals surface area contributed by atoms with Crippen molar-refractivity contribution in [2.75, 3.05) is 0 Å². The van der Waals surface area contributed by atoms with Gasteiger partial charge < -0.3 is 0 Å². The van der Waals surface area contributed by atoms with E-state index in [1.54, 1.807) is 0 Å². The lowest BCUT2D eigenvalue weighted by atomic mass is 9.58. The summed E-state index contributed by atoms with van der Waals surface area (Å²) in [6, 6.07) is 0. The van der Waals surface area contributed by atoms with Crippen molar-refractivity contribution in [3.05, 3.63) is 24.8 Å². The maximum absolute atomic E-state index is 4.24. The zero-order valence-corrected chi connectivity index (χ0v) is 8.52. The largest absolute Gasteiger partial charge is 0.103 e. The van der Waals surface area contributed by atoms with Crippen molar-refractivity contribution in [1.29, 1.82) is 0 Å². The van der Waals surface area contributed by atoms with Crippen molar-refractivity contribution >= 4 is 0 Å². The first kappa shape index (κ1) is 9.05. The minimum absolute atomic E-state index is 0.452. The van der Waals surface area contributed by atoms with Gasteiger partial charge in [0.1, 0.15) is 0 Å². The molecule has 0 amide bonds. The van der Waals surface area contributed by atoms with Gasteiger partial charge >= 0.3 is 0 Å². The Morgan fingerprint density at radius 1 is 1.23 bits per heavy atom. The van der Waals surface area contributed by atoms with E-state index < -0.39 is 0 Å². The molecule has 2 aliphatic rings. The van der Waals surface area contributed by atoms with Crippen molar-refractivity contribution in [1.82, 2.24) is 0 Å². The Balaban J connectivity index is 2.25. The maximum Gasteiger partial charge on any atom is -0.00555 e. The predicted octanol–water partition coefficient (Wildman–Crippen LogP) is 4.09. The van der Waals surface area contributed by atoms with Gasteiger partial charge in [-0.3, -0.25) is 0 Å².